The molecule has 34 valence electrons. The SMILES string of the molecule is O[Si](O)(O)O.[Ra]. The molecular formula is H4O4RaSi. The smallest absolute Gasteiger partial charge is 0.368 e. The van der Waals surface area contributed by atoms with Crippen LogP contribution in [-0.2, 0) is 0 Å². The maximum absolute atomic E-state index is 7.33. The third-order valence-electron chi connectivity index (χ3n) is 0. The first-order valence-electron chi connectivity index (χ1n) is 0.894. The van der Waals surface area contributed by atoms with Gasteiger partial charge in [0.15, 0.2) is 0 Å². The van der Waals surface area contributed by atoms with Gasteiger partial charge in [0, 0.05) is 45.0 Å². The van der Waals surface area contributed by atoms with Crippen LogP contribution in [0.4, 0.5) is 0 Å². The zero-order valence-corrected chi connectivity index (χ0v) is 9.81. The second-order valence-corrected chi connectivity index (χ2v) is 1.80. The number of rotatable bonds is 0. The molecular weight excluding hydrogens is 318 g/mol. The summed E-state index contributed by atoms with van der Waals surface area (Å²) >= 11 is 0. The third kappa shape index (κ3) is 48.7. The van der Waals surface area contributed by atoms with Crippen molar-refractivity contribution in [2.24, 2.45) is 0 Å². The molecule has 0 aliphatic carbocycles. The molecule has 0 heterocycles. The topological polar surface area (TPSA) is 80.9 Å². The molecule has 4 nitrogen and oxygen atoms in total. The minimum atomic E-state index is -4.61. The molecule has 2 radical (unpaired) electrons. The predicted octanol–water partition coefficient (Wildman–Crippen LogP) is -2.61. The van der Waals surface area contributed by atoms with Gasteiger partial charge in [0.25, 0.3) is 0 Å². The second-order valence-electron chi connectivity index (χ2n) is 0.600. The van der Waals surface area contributed by atoms with Crippen molar-refractivity contribution in [3.8, 4) is 0 Å². The van der Waals surface area contributed by atoms with Crippen molar-refractivity contribution in [3.63, 3.8) is 0 Å². The van der Waals surface area contributed by atoms with Crippen LogP contribution in [0.1, 0.15) is 0 Å². The van der Waals surface area contributed by atoms with Crippen LogP contribution < -0.4 is 0 Å². The molecule has 0 aromatic heterocycles. The van der Waals surface area contributed by atoms with E-state index < -0.39 is 9.05 Å². The summed E-state index contributed by atoms with van der Waals surface area (Å²) in [6.45, 7) is 0. The van der Waals surface area contributed by atoms with Crippen molar-refractivity contribution >= 4 is 9.05 Å². The molecule has 0 saturated carbocycles. The molecule has 0 rings (SSSR count). The predicted molar refractivity (Wildman–Crippen MR) is 14.6 cm³/mol. The van der Waals surface area contributed by atoms with E-state index in [0.29, 0.717) is 0 Å². The zero-order chi connectivity index (χ0) is 4.50. The summed E-state index contributed by atoms with van der Waals surface area (Å²) < 4.78 is 0. The Morgan fingerprint density at radius 2 is 0.833 bits per heavy atom. The molecule has 0 bridgehead atoms. The first-order valence-corrected chi connectivity index (χ1v) is 2.68. The van der Waals surface area contributed by atoms with Crippen LogP contribution in [0.2, 0.25) is 0 Å². The minimum Gasteiger partial charge on any atom is -0.368 e. The number of hydrogen-bond acceptors (Lipinski definition) is 4. The third-order valence-corrected chi connectivity index (χ3v) is 0. The standard InChI is InChI=1S/H4O4Si.Ra/c1-5(2,3)4;/h1-4H;. The Kier molecular flexibility index (Phi) is 6.15. The molecule has 0 aliphatic heterocycles. The molecule has 6 heavy (non-hydrogen) atoms. The molecule has 0 spiro atoms. The quantitative estimate of drug-likeness (QED) is 0.369. The Balaban J connectivity index is 0. The first kappa shape index (κ1) is 10.5. The molecule has 0 atom stereocenters. The van der Waals surface area contributed by atoms with E-state index in [1.807, 2.05) is 0 Å². The van der Waals surface area contributed by atoms with Gasteiger partial charge in [0.05, 0.1) is 0 Å². The van der Waals surface area contributed by atoms with Gasteiger partial charge in [-0.05, 0) is 0 Å². The van der Waals surface area contributed by atoms with Gasteiger partial charge in [-0.15, -0.1) is 0 Å². The fraction of sp³-hybridized carbons (Fsp3) is 0. The Morgan fingerprint density at radius 3 is 0.833 bits per heavy atom. The van der Waals surface area contributed by atoms with Crippen molar-refractivity contribution in [2.45, 2.75) is 0 Å². The Labute approximate surface area is 72.4 Å². The summed E-state index contributed by atoms with van der Waals surface area (Å²) in [5.74, 6) is 0. The van der Waals surface area contributed by atoms with Crippen molar-refractivity contribution in [3.05, 3.63) is 0 Å². The van der Waals surface area contributed by atoms with E-state index in [4.69, 9.17) is 19.2 Å². The normalized spacial score (nSPS) is 10.0. The molecule has 0 aromatic rings. The van der Waals surface area contributed by atoms with Gasteiger partial charge in [-0.2, -0.15) is 0 Å². The van der Waals surface area contributed by atoms with E-state index in [9.17, 15) is 0 Å². The van der Waals surface area contributed by atoms with E-state index in [2.05, 4.69) is 0 Å². The molecule has 0 unspecified atom stereocenters. The van der Waals surface area contributed by atoms with Gasteiger partial charge >= 0.3 is 9.05 Å². The largest absolute Gasteiger partial charge is 0.668 e. The number of hydrogen-bond donors (Lipinski definition) is 4. The van der Waals surface area contributed by atoms with Gasteiger partial charge in [0.1, 0.15) is 0 Å². The summed E-state index contributed by atoms with van der Waals surface area (Å²) in [5, 5.41) is 0. The van der Waals surface area contributed by atoms with Crippen molar-refractivity contribution in [1.82, 2.24) is 0 Å². The molecule has 0 aromatic carbocycles. The van der Waals surface area contributed by atoms with E-state index in [0.717, 1.165) is 0 Å². The van der Waals surface area contributed by atoms with Crippen LogP contribution in [0.15, 0.2) is 0 Å². The van der Waals surface area contributed by atoms with Crippen LogP contribution in [0.25, 0.3) is 0 Å². The average Bonchev–Trinajstić information content (AvgIpc) is 0.722. The van der Waals surface area contributed by atoms with Crippen LogP contribution in [0.5, 0.6) is 0 Å². The summed E-state index contributed by atoms with van der Waals surface area (Å²) in [5.41, 5.74) is 0. The van der Waals surface area contributed by atoms with Gasteiger partial charge in [-0.3, -0.25) is 0 Å². The van der Waals surface area contributed by atoms with Crippen LogP contribution in [0.3, 0.4) is 0 Å². The van der Waals surface area contributed by atoms with Crippen molar-refractivity contribution in [1.29, 1.82) is 0 Å². The monoisotopic (exact) mass is 322 g/mol. The van der Waals surface area contributed by atoms with Crippen molar-refractivity contribution < 1.29 is 64.2 Å². The van der Waals surface area contributed by atoms with Gasteiger partial charge in [-0.25, -0.2) is 0 Å². The van der Waals surface area contributed by atoms with E-state index in [1.165, 1.54) is 0 Å². The molecule has 0 fully saturated rings. The Bertz CT molecular complexity index is 23.0. The van der Waals surface area contributed by atoms with Crippen LogP contribution in [-0.4, -0.2) is 28.2 Å². The fourth-order valence-electron chi connectivity index (χ4n) is 0. The summed E-state index contributed by atoms with van der Waals surface area (Å²) in [6, 6.07) is 0. The molecule has 6 heteroatoms. The Hall–Kier alpha value is 1.52. The fourth-order valence-corrected chi connectivity index (χ4v) is 0. The zero-order valence-electron chi connectivity index (χ0n) is 3.00. The van der Waals surface area contributed by atoms with E-state index >= 15 is 0 Å². The molecule has 0 amide bonds. The van der Waals surface area contributed by atoms with Crippen LogP contribution in [0, 0.1) is 45.0 Å². The Morgan fingerprint density at radius 1 is 0.833 bits per heavy atom. The van der Waals surface area contributed by atoms with Gasteiger partial charge < -0.3 is 19.2 Å². The molecule has 0 saturated heterocycles. The van der Waals surface area contributed by atoms with Crippen molar-refractivity contribution in [2.75, 3.05) is 0 Å². The van der Waals surface area contributed by atoms with Crippen LogP contribution >= 0.6 is 0 Å². The molecule has 0 aliphatic rings. The minimum absolute atomic E-state index is 0. The second kappa shape index (κ2) is 3.52. The summed E-state index contributed by atoms with van der Waals surface area (Å²) in [6.07, 6.45) is 0. The molecule has 4 N–H and O–H groups in total. The maximum atomic E-state index is 7.33. The van der Waals surface area contributed by atoms with Gasteiger partial charge in [0.2, 0.25) is 0 Å². The first-order chi connectivity index (χ1) is 2.00. The maximum Gasteiger partial charge on any atom is 0.668 e. The average molecular weight is 322 g/mol. The summed E-state index contributed by atoms with van der Waals surface area (Å²) in [7, 11) is -4.61. The van der Waals surface area contributed by atoms with Gasteiger partial charge in [-0.1, -0.05) is 0 Å². The van der Waals surface area contributed by atoms with E-state index in [-0.39, 0.29) is 45.0 Å². The summed E-state index contributed by atoms with van der Waals surface area (Å²) in [4.78, 5) is 29.3. The van der Waals surface area contributed by atoms with E-state index in [1.54, 1.807) is 0 Å².